The van der Waals surface area contributed by atoms with Crippen molar-refractivity contribution in [3.05, 3.63) is 24.3 Å². The Labute approximate surface area is 74.4 Å². The first kappa shape index (κ1) is 10.4. The Bertz CT molecular complexity index is 250. The van der Waals surface area contributed by atoms with Crippen LogP contribution < -0.4 is 5.84 Å². The fourth-order valence-corrected chi connectivity index (χ4v) is 0.440. The predicted molar refractivity (Wildman–Crippen MR) is 47.5 cm³/mol. The van der Waals surface area contributed by atoms with Crippen LogP contribution in [0.25, 0.3) is 0 Å². The Balaban J connectivity index is 0.000000261. The van der Waals surface area contributed by atoms with Crippen molar-refractivity contribution in [1.82, 2.24) is 0 Å². The van der Waals surface area contributed by atoms with E-state index in [2.05, 4.69) is 23.2 Å². The zero-order chi connectivity index (χ0) is 9.40. The van der Waals surface area contributed by atoms with Crippen molar-refractivity contribution in [2.75, 3.05) is 0 Å². The first-order chi connectivity index (χ1) is 5.70. The topological polar surface area (TPSA) is 72.5 Å². The minimum Gasteiger partial charge on any atom is -0.314 e. The van der Waals surface area contributed by atoms with E-state index in [0.29, 0.717) is 0 Å². The molecule has 62 valence electrons. The van der Waals surface area contributed by atoms with Crippen molar-refractivity contribution in [1.29, 1.82) is 0 Å². The Morgan fingerprint density at radius 3 is 1.58 bits per heavy atom. The van der Waals surface area contributed by atoms with Crippen LogP contribution in [0.3, 0.4) is 0 Å². The minimum atomic E-state index is -0.121. The number of nitrogens with zero attached hydrogens (tertiary/aromatic N) is 1. The predicted octanol–water partition coefficient (Wildman–Crippen LogP) is 0.214. The summed E-state index contributed by atoms with van der Waals surface area (Å²) in [6.45, 7) is 0. The summed E-state index contributed by atoms with van der Waals surface area (Å²) >= 11 is 4.01. The first-order valence-corrected chi connectivity index (χ1v) is 3.32. The third-order valence-corrected chi connectivity index (χ3v) is 0.982. The molecule has 4 nitrogen and oxygen atoms in total. The van der Waals surface area contributed by atoms with E-state index < -0.39 is 0 Å². The van der Waals surface area contributed by atoms with Gasteiger partial charge in [-0.05, 0) is 36.5 Å². The monoisotopic (exact) mass is 182 g/mol. The second kappa shape index (κ2) is 6.15. The lowest BCUT2D eigenvalue weighted by atomic mass is 10.2. The van der Waals surface area contributed by atoms with Gasteiger partial charge < -0.3 is 5.84 Å². The highest BCUT2D eigenvalue weighted by molar-refractivity contribution is 7.78. The molecule has 2 N–H and O–H groups in total. The highest BCUT2D eigenvalue weighted by Gasteiger charge is 1.97. The van der Waals surface area contributed by atoms with E-state index in [1.54, 1.807) is 0 Å². The van der Waals surface area contributed by atoms with Crippen LogP contribution in [0, 0.1) is 0 Å². The molecule has 0 bridgehead atoms. The summed E-state index contributed by atoms with van der Waals surface area (Å²) in [5, 5.41) is 4.72. The molecule has 5 heteroatoms. The van der Waals surface area contributed by atoms with Gasteiger partial charge in [-0.1, -0.05) is 0 Å². The lowest BCUT2D eigenvalue weighted by Gasteiger charge is -1.87. The van der Waals surface area contributed by atoms with Crippen LogP contribution in [0.2, 0.25) is 0 Å². The van der Waals surface area contributed by atoms with Crippen molar-refractivity contribution in [3.63, 3.8) is 0 Å². The fraction of sp³-hybridized carbons (Fsp3) is 0. The molecule has 0 amide bonds. The van der Waals surface area contributed by atoms with Crippen LogP contribution in [-0.4, -0.2) is 16.7 Å². The molecule has 0 saturated heterocycles. The van der Waals surface area contributed by atoms with Crippen molar-refractivity contribution in [3.8, 4) is 0 Å². The lowest BCUT2D eigenvalue weighted by Crippen LogP contribution is -1.97. The molecule has 0 fully saturated rings. The maximum atomic E-state index is 10.3. The normalized spacial score (nSPS) is 13.0. The summed E-state index contributed by atoms with van der Waals surface area (Å²) in [7, 11) is 0. The molecular formula is C7H6N2O2S. The Morgan fingerprint density at radius 1 is 1.17 bits per heavy atom. The molecule has 12 heavy (non-hydrogen) atoms. The van der Waals surface area contributed by atoms with Gasteiger partial charge in [0.15, 0.2) is 11.6 Å². The summed E-state index contributed by atoms with van der Waals surface area (Å²) in [5.41, 5.74) is 0. The summed E-state index contributed by atoms with van der Waals surface area (Å²) < 4.78 is 0. The largest absolute Gasteiger partial charge is 0.314 e. The number of thiocarbonyl (C=S) groups is 1. The molecule has 0 aliphatic heterocycles. The fourth-order valence-electron chi connectivity index (χ4n) is 0.440. The van der Waals surface area contributed by atoms with Crippen LogP contribution in [0.1, 0.15) is 0 Å². The summed E-state index contributed by atoms with van der Waals surface area (Å²) in [6.07, 6.45) is 5.01. The minimum absolute atomic E-state index is 0.121. The van der Waals surface area contributed by atoms with Gasteiger partial charge in [0.25, 0.3) is 0 Å². The number of nitrogens with two attached hydrogens (primary N) is 1. The van der Waals surface area contributed by atoms with Crippen molar-refractivity contribution in [2.45, 2.75) is 0 Å². The molecule has 0 saturated carbocycles. The molecule has 1 rings (SSSR count). The Hall–Kier alpha value is -1.58. The zero-order valence-electron chi connectivity index (χ0n) is 6.06. The number of hydrogen-bond acceptors (Lipinski definition) is 5. The molecule has 0 aromatic rings. The van der Waals surface area contributed by atoms with Gasteiger partial charge in [-0.25, -0.2) is 0 Å². The second-order valence-corrected chi connectivity index (χ2v) is 1.87. The van der Waals surface area contributed by atoms with E-state index in [1.807, 2.05) is 5.16 Å². The van der Waals surface area contributed by atoms with Gasteiger partial charge in [-0.3, -0.25) is 9.59 Å². The smallest absolute Gasteiger partial charge is 0.178 e. The molecule has 0 aromatic heterocycles. The van der Waals surface area contributed by atoms with Crippen molar-refractivity contribution < 1.29 is 9.59 Å². The maximum Gasteiger partial charge on any atom is 0.178 e. The molecule has 0 spiro atoms. The number of carbonyl (C=O) groups is 2. The quantitative estimate of drug-likeness (QED) is 0.191. The number of allylic oxidation sites excluding steroid dienone is 4. The number of hydrazone groups is 1. The third-order valence-electron chi connectivity index (χ3n) is 0.876. The number of isothiocyanates is 1. The SMILES string of the molecule is NN=C=S.O=C1C=CC(=O)C=C1. The molecule has 0 radical (unpaired) electrons. The summed E-state index contributed by atoms with van der Waals surface area (Å²) in [4.78, 5) is 20.6. The van der Waals surface area contributed by atoms with Gasteiger partial charge in [0.1, 0.15) is 0 Å². The number of rotatable bonds is 0. The van der Waals surface area contributed by atoms with Gasteiger partial charge in [0.05, 0.1) is 5.16 Å². The molecule has 0 atom stereocenters. The van der Waals surface area contributed by atoms with E-state index in [9.17, 15) is 9.59 Å². The van der Waals surface area contributed by atoms with E-state index in [4.69, 9.17) is 0 Å². The van der Waals surface area contributed by atoms with Crippen LogP contribution in [0.4, 0.5) is 0 Å². The standard InChI is InChI=1S/C6H4O2.CH2N2S/c7-5-1-2-6(8)4-3-5;2-3-1-4/h1-4H;2H2. The molecular weight excluding hydrogens is 176 g/mol. The number of hydrogen-bond donors (Lipinski definition) is 1. The van der Waals surface area contributed by atoms with Gasteiger partial charge in [0, 0.05) is 0 Å². The lowest BCUT2D eigenvalue weighted by molar-refractivity contribution is -0.113. The van der Waals surface area contributed by atoms with Gasteiger partial charge in [-0.2, -0.15) is 0 Å². The van der Waals surface area contributed by atoms with E-state index in [-0.39, 0.29) is 11.6 Å². The zero-order valence-corrected chi connectivity index (χ0v) is 6.88. The molecule has 0 aromatic carbocycles. The molecule has 0 unspecified atom stereocenters. The molecule has 1 aliphatic carbocycles. The number of carbonyl (C=O) groups excluding carboxylic acids is 2. The van der Waals surface area contributed by atoms with Gasteiger partial charge >= 0.3 is 0 Å². The average molecular weight is 182 g/mol. The highest BCUT2D eigenvalue weighted by Crippen LogP contribution is 1.90. The Kier molecular flexibility index (Phi) is 5.34. The second-order valence-electron chi connectivity index (χ2n) is 1.69. The molecule has 1 aliphatic rings. The van der Waals surface area contributed by atoms with Crippen molar-refractivity contribution in [2.24, 2.45) is 10.9 Å². The summed E-state index contributed by atoms with van der Waals surface area (Å²) in [5.74, 6) is 4.20. The van der Waals surface area contributed by atoms with Gasteiger partial charge in [0.2, 0.25) is 0 Å². The molecule has 0 heterocycles. The van der Waals surface area contributed by atoms with Crippen LogP contribution in [0.15, 0.2) is 29.4 Å². The van der Waals surface area contributed by atoms with Crippen LogP contribution >= 0.6 is 12.2 Å². The highest BCUT2D eigenvalue weighted by atomic mass is 32.1. The van der Waals surface area contributed by atoms with Crippen molar-refractivity contribution >= 4 is 28.9 Å². The maximum absolute atomic E-state index is 10.3. The Morgan fingerprint density at radius 2 is 1.42 bits per heavy atom. The van der Waals surface area contributed by atoms with Gasteiger partial charge in [-0.15, -0.1) is 5.10 Å². The van der Waals surface area contributed by atoms with E-state index >= 15 is 0 Å². The van der Waals surface area contributed by atoms with Crippen LogP contribution in [-0.2, 0) is 9.59 Å². The first-order valence-electron chi connectivity index (χ1n) is 2.92. The van der Waals surface area contributed by atoms with Crippen LogP contribution in [0.5, 0.6) is 0 Å². The average Bonchev–Trinajstić information content (AvgIpc) is 2.11. The third kappa shape index (κ3) is 5.22. The van der Waals surface area contributed by atoms with E-state index in [0.717, 1.165) is 0 Å². The van der Waals surface area contributed by atoms with E-state index in [1.165, 1.54) is 24.3 Å². The number of ketones is 2. The summed E-state index contributed by atoms with van der Waals surface area (Å²) in [6, 6.07) is 0.